The first-order chi connectivity index (χ1) is 6.75. The maximum atomic E-state index is 3.74. The molecule has 0 spiro atoms. The molecule has 1 N–H and O–H groups in total. The second-order valence-electron chi connectivity index (χ2n) is 5.39. The first kappa shape index (κ1) is 10.4. The number of hydrogen-bond donors (Lipinski definition) is 1. The molecule has 2 heteroatoms. The van der Waals surface area contributed by atoms with Gasteiger partial charge in [0, 0.05) is 6.04 Å². The summed E-state index contributed by atoms with van der Waals surface area (Å²) in [5.74, 6) is 2.10. The van der Waals surface area contributed by atoms with Gasteiger partial charge in [-0.3, -0.25) is 0 Å². The zero-order valence-electron chi connectivity index (χ0n) is 9.63. The Morgan fingerprint density at radius 1 is 1.21 bits per heavy atom. The van der Waals surface area contributed by atoms with E-state index in [1.807, 2.05) is 0 Å². The molecular formula is C12H24N2. The highest BCUT2D eigenvalue weighted by atomic mass is 15.1. The van der Waals surface area contributed by atoms with Crippen LogP contribution in [0, 0.1) is 11.8 Å². The minimum absolute atomic E-state index is 0.871. The second-order valence-corrected chi connectivity index (χ2v) is 5.39. The monoisotopic (exact) mass is 196 g/mol. The van der Waals surface area contributed by atoms with Crippen molar-refractivity contribution in [3.8, 4) is 0 Å². The van der Waals surface area contributed by atoms with E-state index in [2.05, 4.69) is 24.3 Å². The summed E-state index contributed by atoms with van der Waals surface area (Å²) in [6.45, 7) is 2.43. The van der Waals surface area contributed by atoms with Crippen molar-refractivity contribution in [3.63, 3.8) is 0 Å². The van der Waals surface area contributed by atoms with Gasteiger partial charge in [0.05, 0.1) is 0 Å². The lowest BCUT2D eigenvalue weighted by atomic mass is 9.95. The minimum Gasteiger partial charge on any atom is -0.314 e. The number of rotatable bonds is 5. The van der Waals surface area contributed by atoms with Crippen molar-refractivity contribution >= 4 is 0 Å². The smallest absolute Gasteiger partial charge is 0.00980 e. The van der Waals surface area contributed by atoms with Crippen LogP contribution in [0.2, 0.25) is 0 Å². The van der Waals surface area contributed by atoms with Crippen molar-refractivity contribution < 1.29 is 0 Å². The van der Waals surface area contributed by atoms with Crippen LogP contribution in [0.25, 0.3) is 0 Å². The van der Waals surface area contributed by atoms with Gasteiger partial charge in [0.25, 0.3) is 0 Å². The van der Waals surface area contributed by atoms with Crippen LogP contribution in [-0.4, -0.2) is 38.1 Å². The van der Waals surface area contributed by atoms with E-state index in [4.69, 9.17) is 0 Å². The van der Waals surface area contributed by atoms with Gasteiger partial charge in [-0.1, -0.05) is 6.42 Å². The van der Waals surface area contributed by atoms with Gasteiger partial charge in [0.1, 0.15) is 0 Å². The van der Waals surface area contributed by atoms with Crippen molar-refractivity contribution in [2.45, 2.75) is 38.1 Å². The van der Waals surface area contributed by atoms with E-state index in [1.165, 1.54) is 45.2 Å². The quantitative estimate of drug-likeness (QED) is 0.674. The summed E-state index contributed by atoms with van der Waals surface area (Å²) in [6, 6.07) is 0.871. The SMILES string of the molecule is CN(C)CCCN[C@@H]1C[C@H]2CC[C@H]1C2. The van der Waals surface area contributed by atoms with E-state index in [9.17, 15) is 0 Å². The Hall–Kier alpha value is -0.0800. The van der Waals surface area contributed by atoms with Crippen molar-refractivity contribution in [2.24, 2.45) is 11.8 Å². The molecular weight excluding hydrogens is 172 g/mol. The summed E-state index contributed by atoms with van der Waals surface area (Å²) < 4.78 is 0. The minimum atomic E-state index is 0.871. The normalized spacial score (nSPS) is 35.8. The van der Waals surface area contributed by atoms with E-state index in [-0.39, 0.29) is 0 Å². The van der Waals surface area contributed by atoms with Crippen LogP contribution in [0.3, 0.4) is 0 Å². The fourth-order valence-corrected chi connectivity index (χ4v) is 3.18. The second kappa shape index (κ2) is 4.63. The Balaban J connectivity index is 1.58. The third-order valence-corrected chi connectivity index (χ3v) is 3.93. The highest BCUT2D eigenvalue weighted by Crippen LogP contribution is 2.44. The lowest BCUT2D eigenvalue weighted by molar-refractivity contribution is 0.335. The van der Waals surface area contributed by atoms with Gasteiger partial charge in [0.2, 0.25) is 0 Å². The van der Waals surface area contributed by atoms with Crippen molar-refractivity contribution in [1.29, 1.82) is 0 Å². The maximum Gasteiger partial charge on any atom is 0.00980 e. The van der Waals surface area contributed by atoms with Crippen LogP contribution in [0.4, 0.5) is 0 Å². The number of hydrogen-bond acceptors (Lipinski definition) is 2. The molecule has 0 amide bonds. The van der Waals surface area contributed by atoms with Crippen molar-refractivity contribution in [2.75, 3.05) is 27.2 Å². The molecule has 3 atom stereocenters. The molecule has 0 saturated heterocycles. The molecule has 14 heavy (non-hydrogen) atoms. The molecule has 2 saturated carbocycles. The molecule has 82 valence electrons. The molecule has 2 rings (SSSR count). The molecule has 0 radical (unpaired) electrons. The molecule has 2 bridgehead atoms. The van der Waals surface area contributed by atoms with Crippen LogP contribution >= 0.6 is 0 Å². The zero-order chi connectivity index (χ0) is 9.97. The molecule has 0 aromatic rings. The summed E-state index contributed by atoms with van der Waals surface area (Å²) in [4.78, 5) is 2.27. The molecule has 0 aromatic carbocycles. The average Bonchev–Trinajstić information content (AvgIpc) is 2.73. The maximum absolute atomic E-state index is 3.74. The van der Waals surface area contributed by atoms with E-state index < -0.39 is 0 Å². The van der Waals surface area contributed by atoms with Gasteiger partial charge in [-0.05, 0) is 64.7 Å². The average molecular weight is 196 g/mol. The standard InChI is InChI=1S/C12H24N2/c1-14(2)7-3-6-13-12-9-10-4-5-11(12)8-10/h10-13H,3-9H2,1-2H3/t10-,11-,12+/m0/s1. The number of nitrogens with zero attached hydrogens (tertiary/aromatic N) is 1. The summed E-state index contributed by atoms with van der Waals surface area (Å²) in [7, 11) is 4.30. The zero-order valence-corrected chi connectivity index (χ0v) is 9.63. The first-order valence-corrected chi connectivity index (χ1v) is 6.14. The third-order valence-electron chi connectivity index (χ3n) is 3.93. The third kappa shape index (κ3) is 2.48. The summed E-state index contributed by atoms with van der Waals surface area (Å²) in [5, 5.41) is 3.74. The Morgan fingerprint density at radius 2 is 2.07 bits per heavy atom. The topological polar surface area (TPSA) is 15.3 Å². The summed E-state index contributed by atoms with van der Waals surface area (Å²) in [6.07, 6.45) is 7.29. The summed E-state index contributed by atoms with van der Waals surface area (Å²) in [5.41, 5.74) is 0. The fourth-order valence-electron chi connectivity index (χ4n) is 3.18. The van der Waals surface area contributed by atoms with Crippen LogP contribution in [0.1, 0.15) is 32.1 Å². The van der Waals surface area contributed by atoms with Crippen LogP contribution in [0.15, 0.2) is 0 Å². The Kier molecular flexibility index (Phi) is 3.45. The lowest BCUT2D eigenvalue weighted by Crippen LogP contribution is -2.35. The fraction of sp³-hybridized carbons (Fsp3) is 1.00. The van der Waals surface area contributed by atoms with Gasteiger partial charge in [-0.2, -0.15) is 0 Å². The van der Waals surface area contributed by atoms with Crippen LogP contribution < -0.4 is 5.32 Å². The van der Waals surface area contributed by atoms with Crippen molar-refractivity contribution in [3.05, 3.63) is 0 Å². The van der Waals surface area contributed by atoms with Crippen LogP contribution in [0.5, 0.6) is 0 Å². The highest BCUT2D eigenvalue weighted by Gasteiger charge is 2.38. The molecule has 0 aliphatic heterocycles. The highest BCUT2D eigenvalue weighted by molar-refractivity contribution is 4.93. The molecule has 0 aromatic heterocycles. The van der Waals surface area contributed by atoms with Gasteiger partial charge in [0.15, 0.2) is 0 Å². The van der Waals surface area contributed by atoms with E-state index >= 15 is 0 Å². The Labute approximate surface area is 88.1 Å². The molecule has 0 unspecified atom stereocenters. The predicted octanol–water partition coefficient (Wildman–Crippen LogP) is 1.72. The van der Waals surface area contributed by atoms with Crippen LogP contribution in [-0.2, 0) is 0 Å². The van der Waals surface area contributed by atoms with E-state index in [1.54, 1.807) is 0 Å². The van der Waals surface area contributed by atoms with E-state index in [0.717, 1.165) is 17.9 Å². The molecule has 2 aliphatic rings. The Morgan fingerprint density at radius 3 is 2.64 bits per heavy atom. The lowest BCUT2D eigenvalue weighted by Gasteiger charge is -2.23. The van der Waals surface area contributed by atoms with Gasteiger partial charge >= 0.3 is 0 Å². The molecule has 2 fully saturated rings. The van der Waals surface area contributed by atoms with Crippen molar-refractivity contribution in [1.82, 2.24) is 10.2 Å². The predicted molar refractivity (Wildman–Crippen MR) is 60.4 cm³/mol. The van der Waals surface area contributed by atoms with Gasteiger partial charge < -0.3 is 10.2 Å². The van der Waals surface area contributed by atoms with Gasteiger partial charge in [-0.15, -0.1) is 0 Å². The number of nitrogens with one attached hydrogen (secondary N) is 1. The number of fused-ring (bicyclic) bond motifs is 2. The molecule has 0 heterocycles. The summed E-state index contributed by atoms with van der Waals surface area (Å²) >= 11 is 0. The van der Waals surface area contributed by atoms with Gasteiger partial charge in [-0.25, -0.2) is 0 Å². The van der Waals surface area contributed by atoms with E-state index in [0.29, 0.717) is 0 Å². The first-order valence-electron chi connectivity index (χ1n) is 6.14. The molecule has 2 aliphatic carbocycles. The molecule has 2 nitrogen and oxygen atoms in total. The Bertz CT molecular complexity index is 179. The largest absolute Gasteiger partial charge is 0.314 e.